The highest BCUT2D eigenvalue weighted by Gasteiger charge is 2.01. The second-order valence-electron chi connectivity index (χ2n) is 3.40. The van der Waals surface area contributed by atoms with Gasteiger partial charge in [-0.1, -0.05) is 6.07 Å². The maximum Gasteiger partial charge on any atom is 0.0965 e. The maximum absolute atomic E-state index is 5.53. The van der Waals surface area contributed by atoms with Crippen LogP contribution in [0.3, 0.4) is 0 Å². The fourth-order valence-corrected chi connectivity index (χ4v) is 1.25. The Kier molecular flexibility index (Phi) is 2.71. The zero-order chi connectivity index (χ0) is 10.0. The zero-order valence-corrected chi connectivity index (χ0v) is 8.68. The van der Waals surface area contributed by atoms with Gasteiger partial charge in [-0.2, -0.15) is 0 Å². The summed E-state index contributed by atoms with van der Waals surface area (Å²) in [6.07, 6.45) is 0. The minimum Gasteiger partial charge on any atom is -0.387 e. The van der Waals surface area contributed by atoms with Gasteiger partial charge < -0.3 is 5.73 Å². The number of rotatable bonds is 1. The lowest BCUT2D eigenvalue weighted by Gasteiger charge is -2.07. The lowest BCUT2D eigenvalue weighted by atomic mass is 10.0. The summed E-state index contributed by atoms with van der Waals surface area (Å²) in [5, 5.41) is 0. The third-order valence-electron chi connectivity index (χ3n) is 2.33. The van der Waals surface area contributed by atoms with E-state index in [-0.39, 0.29) is 0 Å². The lowest BCUT2D eigenvalue weighted by Crippen LogP contribution is -2.04. The maximum atomic E-state index is 5.53. The Labute approximate surface area is 79.5 Å². The molecule has 1 aromatic carbocycles. The Morgan fingerprint density at radius 3 is 2.31 bits per heavy atom. The van der Waals surface area contributed by atoms with Crippen LogP contribution in [0.2, 0.25) is 0 Å². The number of aliphatic imine (C=N–C) groups is 1. The largest absolute Gasteiger partial charge is 0.387 e. The molecule has 2 nitrogen and oxygen atoms in total. The fourth-order valence-electron chi connectivity index (χ4n) is 1.25. The Morgan fingerprint density at radius 1 is 1.15 bits per heavy atom. The van der Waals surface area contributed by atoms with Gasteiger partial charge in [0, 0.05) is 0 Å². The van der Waals surface area contributed by atoms with E-state index in [1.54, 1.807) is 6.92 Å². The van der Waals surface area contributed by atoms with Gasteiger partial charge in [0.1, 0.15) is 0 Å². The number of hydrogen-bond acceptors (Lipinski definition) is 1. The van der Waals surface area contributed by atoms with Crippen molar-refractivity contribution in [3.8, 4) is 0 Å². The van der Waals surface area contributed by atoms with Gasteiger partial charge in [0.15, 0.2) is 0 Å². The molecule has 0 aromatic heterocycles. The normalized spacial score (nSPS) is 11.8. The van der Waals surface area contributed by atoms with Gasteiger partial charge in [-0.15, -0.1) is 0 Å². The van der Waals surface area contributed by atoms with Gasteiger partial charge in [0.25, 0.3) is 0 Å². The average Bonchev–Trinajstić information content (AvgIpc) is 2.06. The number of nitrogens with zero attached hydrogens (tertiary/aromatic N) is 1. The Balaban J connectivity index is 3.26. The van der Waals surface area contributed by atoms with Crippen LogP contribution in [0.25, 0.3) is 0 Å². The standard InChI is InChI=1S/C11H16N2/c1-7-5-6-11(13-10(4)12)9(3)8(7)2/h5-6H,1-4H3,(H2,12,13). The van der Waals surface area contributed by atoms with Crippen LogP contribution in [0.5, 0.6) is 0 Å². The van der Waals surface area contributed by atoms with Crippen LogP contribution in [0.1, 0.15) is 23.6 Å². The first-order valence-electron chi connectivity index (χ1n) is 4.40. The SMILES string of the molecule is CC(N)=Nc1ccc(C)c(C)c1C. The van der Waals surface area contributed by atoms with Crippen molar-refractivity contribution in [2.24, 2.45) is 10.7 Å². The van der Waals surface area contributed by atoms with E-state index in [0.717, 1.165) is 5.69 Å². The second-order valence-corrected chi connectivity index (χ2v) is 3.40. The van der Waals surface area contributed by atoms with Crippen LogP contribution in [0.4, 0.5) is 5.69 Å². The van der Waals surface area contributed by atoms with E-state index in [4.69, 9.17) is 5.73 Å². The molecule has 0 fully saturated rings. The van der Waals surface area contributed by atoms with Gasteiger partial charge in [0.2, 0.25) is 0 Å². The highest BCUT2D eigenvalue weighted by Crippen LogP contribution is 2.23. The molecule has 2 heteroatoms. The molecule has 1 aromatic rings. The van der Waals surface area contributed by atoms with Gasteiger partial charge in [0.05, 0.1) is 11.5 Å². The van der Waals surface area contributed by atoms with Crippen molar-refractivity contribution in [1.29, 1.82) is 0 Å². The molecule has 0 aliphatic rings. The molecule has 0 amide bonds. The second kappa shape index (κ2) is 3.60. The molecule has 0 atom stereocenters. The highest BCUT2D eigenvalue weighted by atomic mass is 14.8. The van der Waals surface area contributed by atoms with E-state index >= 15 is 0 Å². The minimum atomic E-state index is 0.603. The molecule has 70 valence electrons. The molecule has 1 rings (SSSR count). The summed E-state index contributed by atoms with van der Waals surface area (Å²) in [5.41, 5.74) is 10.3. The Hall–Kier alpha value is -1.31. The molecular formula is C11H16N2. The van der Waals surface area contributed by atoms with Crippen molar-refractivity contribution < 1.29 is 0 Å². The van der Waals surface area contributed by atoms with Crippen LogP contribution in [-0.4, -0.2) is 5.84 Å². The molecule has 0 unspecified atom stereocenters. The third-order valence-corrected chi connectivity index (χ3v) is 2.33. The van der Waals surface area contributed by atoms with Crippen molar-refractivity contribution in [1.82, 2.24) is 0 Å². The molecule has 0 radical (unpaired) electrons. The van der Waals surface area contributed by atoms with E-state index in [1.807, 2.05) is 6.07 Å². The monoisotopic (exact) mass is 176 g/mol. The van der Waals surface area contributed by atoms with E-state index in [2.05, 4.69) is 31.8 Å². The fraction of sp³-hybridized carbons (Fsp3) is 0.364. The summed E-state index contributed by atoms with van der Waals surface area (Å²) in [7, 11) is 0. The number of nitrogens with two attached hydrogens (primary N) is 1. The smallest absolute Gasteiger partial charge is 0.0965 e. The number of benzene rings is 1. The quantitative estimate of drug-likeness (QED) is 0.518. The van der Waals surface area contributed by atoms with Crippen molar-refractivity contribution in [3.63, 3.8) is 0 Å². The van der Waals surface area contributed by atoms with Crippen LogP contribution in [0.15, 0.2) is 17.1 Å². The Morgan fingerprint density at radius 2 is 1.77 bits per heavy atom. The summed E-state index contributed by atoms with van der Waals surface area (Å²) >= 11 is 0. The number of aryl methyl sites for hydroxylation is 1. The first kappa shape index (κ1) is 9.78. The summed E-state index contributed by atoms with van der Waals surface area (Å²) in [5.74, 6) is 0.603. The zero-order valence-electron chi connectivity index (χ0n) is 8.68. The lowest BCUT2D eigenvalue weighted by molar-refractivity contribution is 1.24. The highest BCUT2D eigenvalue weighted by molar-refractivity contribution is 5.81. The van der Waals surface area contributed by atoms with E-state index in [1.165, 1.54) is 16.7 Å². The van der Waals surface area contributed by atoms with Crippen molar-refractivity contribution in [2.75, 3.05) is 0 Å². The molecule has 0 spiro atoms. The predicted octanol–water partition coefficient (Wildman–Crippen LogP) is 2.62. The molecule has 0 saturated carbocycles. The summed E-state index contributed by atoms with van der Waals surface area (Å²) in [4.78, 5) is 4.26. The van der Waals surface area contributed by atoms with E-state index in [0.29, 0.717) is 5.84 Å². The van der Waals surface area contributed by atoms with Crippen LogP contribution in [-0.2, 0) is 0 Å². The molecule has 0 aliphatic carbocycles. The number of amidine groups is 1. The first-order chi connectivity index (χ1) is 6.02. The van der Waals surface area contributed by atoms with Gasteiger partial charge >= 0.3 is 0 Å². The molecule has 0 saturated heterocycles. The van der Waals surface area contributed by atoms with Gasteiger partial charge in [-0.05, 0) is 50.5 Å². The molecule has 0 aliphatic heterocycles. The molecule has 0 bridgehead atoms. The van der Waals surface area contributed by atoms with Gasteiger partial charge in [-0.3, -0.25) is 0 Å². The van der Waals surface area contributed by atoms with Crippen LogP contribution >= 0.6 is 0 Å². The molecule has 0 heterocycles. The minimum absolute atomic E-state index is 0.603. The molecular weight excluding hydrogens is 160 g/mol. The van der Waals surface area contributed by atoms with E-state index in [9.17, 15) is 0 Å². The summed E-state index contributed by atoms with van der Waals surface area (Å²) in [6.45, 7) is 8.08. The van der Waals surface area contributed by atoms with Crippen LogP contribution in [0, 0.1) is 20.8 Å². The van der Waals surface area contributed by atoms with Crippen molar-refractivity contribution >= 4 is 11.5 Å². The topological polar surface area (TPSA) is 38.4 Å². The van der Waals surface area contributed by atoms with Gasteiger partial charge in [-0.25, -0.2) is 4.99 Å². The predicted molar refractivity (Wildman–Crippen MR) is 57.6 cm³/mol. The molecule has 2 N–H and O–H groups in total. The summed E-state index contributed by atoms with van der Waals surface area (Å²) < 4.78 is 0. The average molecular weight is 176 g/mol. The summed E-state index contributed by atoms with van der Waals surface area (Å²) in [6, 6.07) is 4.08. The van der Waals surface area contributed by atoms with Crippen molar-refractivity contribution in [2.45, 2.75) is 27.7 Å². The molecule has 13 heavy (non-hydrogen) atoms. The number of hydrogen-bond donors (Lipinski definition) is 1. The van der Waals surface area contributed by atoms with Crippen LogP contribution < -0.4 is 5.73 Å². The Bertz CT molecular complexity index is 347. The first-order valence-corrected chi connectivity index (χ1v) is 4.40. The van der Waals surface area contributed by atoms with Crippen molar-refractivity contribution in [3.05, 3.63) is 28.8 Å². The van der Waals surface area contributed by atoms with E-state index < -0.39 is 0 Å². The third kappa shape index (κ3) is 2.08.